The second-order valence-electron chi connectivity index (χ2n) is 3.44. The number of hydrogen-bond acceptors (Lipinski definition) is 2. The number of β-amino-alcohol motifs (C(OH)–C–C–N with tert-alkyl or cyclic N) is 1. The molecule has 0 amide bonds. The molecule has 0 spiro atoms. The third-order valence-corrected chi connectivity index (χ3v) is 2.91. The van der Waals surface area contributed by atoms with Crippen molar-refractivity contribution in [2.24, 2.45) is 0 Å². The first kappa shape index (κ1) is 9.57. The molecule has 0 aromatic carbocycles. The molecule has 0 aromatic heterocycles. The number of nitrogens with zero attached hydrogens (tertiary/aromatic N) is 1. The van der Waals surface area contributed by atoms with E-state index in [0.717, 1.165) is 25.9 Å². The van der Waals surface area contributed by atoms with Gasteiger partial charge < -0.3 is 5.11 Å². The van der Waals surface area contributed by atoms with Crippen molar-refractivity contribution < 1.29 is 5.11 Å². The van der Waals surface area contributed by atoms with Gasteiger partial charge in [-0.15, -0.1) is 6.42 Å². The average molecular weight is 167 g/mol. The summed E-state index contributed by atoms with van der Waals surface area (Å²) < 4.78 is 0. The zero-order valence-corrected chi connectivity index (χ0v) is 7.88. The molecule has 68 valence electrons. The number of aliphatic hydroxyl groups excluding tert-OH is 1. The van der Waals surface area contributed by atoms with Gasteiger partial charge in [-0.05, 0) is 12.8 Å². The fourth-order valence-electron chi connectivity index (χ4n) is 1.80. The van der Waals surface area contributed by atoms with Crippen LogP contribution in [0.1, 0.15) is 26.7 Å². The Morgan fingerprint density at radius 2 is 2.00 bits per heavy atom. The van der Waals surface area contributed by atoms with Gasteiger partial charge in [0, 0.05) is 13.1 Å². The van der Waals surface area contributed by atoms with Crippen molar-refractivity contribution in [2.45, 2.75) is 38.3 Å². The van der Waals surface area contributed by atoms with Gasteiger partial charge >= 0.3 is 0 Å². The number of aliphatic hydroxyl groups is 1. The fraction of sp³-hybridized carbons (Fsp3) is 0.800. The van der Waals surface area contributed by atoms with E-state index in [-0.39, 0.29) is 11.6 Å². The Hall–Kier alpha value is -0.520. The van der Waals surface area contributed by atoms with Gasteiger partial charge in [0.05, 0.1) is 11.6 Å². The van der Waals surface area contributed by atoms with Crippen molar-refractivity contribution in [1.82, 2.24) is 4.90 Å². The molecule has 1 fully saturated rings. The largest absolute Gasteiger partial charge is 0.390 e. The topological polar surface area (TPSA) is 23.5 Å². The predicted molar refractivity (Wildman–Crippen MR) is 49.7 cm³/mol. The first-order valence-corrected chi connectivity index (χ1v) is 4.59. The standard InChI is InChI=1S/C10H17NO/c1-4-10(5-2,6-3)11-7-9(12)8-11/h1,9,12H,5-8H2,2-3H3. The van der Waals surface area contributed by atoms with Gasteiger partial charge in [0.15, 0.2) is 0 Å². The molecule has 1 heterocycles. The summed E-state index contributed by atoms with van der Waals surface area (Å²) in [6, 6.07) is 0. The van der Waals surface area contributed by atoms with Crippen LogP contribution >= 0.6 is 0 Å². The number of terminal acetylenes is 1. The van der Waals surface area contributed by atoms with Crippen LogP contribution < -0.4 is 0 Å². The molecular formula is C10H17NO. The molecule has 0 aliphatic carbocycles. The molecular weight excluding hydrogens is 150 g/mol. The highest BCUT2D eigenvalue weighted by atomic mass is 16.3. The Kier molecular flexibility index (Phi) is 2.76. The molecule has 0 saturated carbocycles. The predicted octanol–water partition coefficient (Wildman–Crippen LogP) is 0.855. The summed E-state index contributed by atoms with van der Waals surface area (Å²) >= 11 is 0. The van der Waals surface area contributed by atoms with E-state index in [0.29, 0.717) is 0 Å². The maximum atomic E-state index is 9.16. The SMILES string of the molecule is C#CC(CC)(CC)N1CC(O)C1. The fourth-order valence-corrected chi connectivity index (χ4v) is 1.80. The summed E-state index contributed by atoms with van der Waals surface area (Å²) in [5.41, 5.74) is -0.0980. The lowest BCUT2D eigenvalue weighted by Gasteiger charge is -2.47. The van der Waals surface area contributed by atoms with E-state index >= 15 is 0 Å². The van der Waals surface area contributed by atoms with E-state index < -0.39 is 0 Å². The van der Waals surface area contributed by atoms with Crippen molar-refractivity contribution in [2.75, 3.05) is 13.1 Å². The number of hydrogen-bond donors (Lipinski definition) is 1. The number of likely N-dealkylation sites (tertiary alicyclic amines) is 1. The second-order valence-corrected chi connectivity index (χ2v) is 3.44. The molecule has 0 bridgehead atoms. The zero-order valence-electron chi connectivity index (χ0n) is 7.88. The molecule has 0 unspecified atom stereocenters. The number of rotatable bonds is 3. The van der Waals surface area contributed by atoms with E-state index in [9.17, 15) is 0 Å². The minimum Gasteiger partial charge on any atom is -0.390 e. The quantitative estimate of drug-likeness (QED) is 0.630. The van der Waals surface area contributed by atoms with Crippen LogP contribution in [0.25, 0.3) is 0 Å². The van der Waals surface area contributed by atoms with Crippen LogP contribution in [0, 0.1) is 12.3 Å². The summed E-state index contributed by atoms with van der Waals surface area (Å²) in [6.07, 6.45) is 7.28. The van der Waals surface area contributed by atoms with Crippen LogP contribution in [0.2, 0.25) is 0 Å². The average Bonchev–Trinajstić information content (AvgIpc) is 2.05. The molecule has 2 nitrogen and oxygen atoms in total. The highest BCUT2D eigenvalue weighted by molar-refractivity contribution is 5.15. The van der Waals surface area contributed by atoms with Gasteiger partial charge in [0.2, 0.25) is 0 Å². The lowest BCUT2D eigenvalue weighted by Crippen LogP contribution is -2.61. The first-order chi connectivity index (χ1) is 5.68. The molecule has 1 rings (SSSR count). The lowest BCUT2D eigenvalue weighted by atomic mass is 9.88. The van der Waals surface area contributed by atoms with Gasteiger partial charge in [0.1, 0.15) is 0 Å². The van der Waals surface area contributed by atoms with Crippen molar-refractivity contribution in [3.05, 3.63) is 0 Å². The lowest BCUT2D eigenvalue weighted by molar-refractivity contribution is -0.0495. The normalized spacial score (nSPS) is 20.2. The monoisotopic (exact) mass is 167 g/mol. The van der Waals surface area contributed by atoms with Crippen LogP contribution in [0.15, 0.2) is 0 Å². The molecule has 1 aliphatic rings. The molecule has 12 heavy (non-hydrogen) atoms. The maximum absolute atomic E-state index is 9.16. The van der Waals surface area contributed by atoms with Crippen molar-refractivity contribution in [3.8, 4) is 12.3 Å². The van der Waals surface area contributed by atoms with Crippen LogP contribution in [-0.4, -0.2) is 34.7 Å². The van der Waals surface area contributed by atoms with Gasteiger partial charge in [-0.1, -0.05) is 19.8 Å². The third-order valence-electron chi connectivity index (χ3n) is 2.91. The Balaban J connectivity index is 2.61. The van der Waals surface area contributed by atoms with Gasteiger partial charge in [-0.2, -0.15) is 0 Å². The minimum absolute atomic E-state index is 0.0980. The van der Waals surface area contributed by atoms with Gasteiger partial charge in [-0.25, -0.2) is 0 Å². The van der Waals surface area contributed by atoms with Crippen molar-refractivity contribution in [3.63, 3.8) is 0 Å². The summed E-state index contributed by atoms with van der Waals surface area (Å²) in [4.78, 5) is 2.19. The molecule has 1 saturated heterocycles. The minimum atomic E-state index is -0.157. The highest BCUT2D eigenvalue weighted by Crippen LogP contribution is 2.27. The van der Waals surface area contributed by atoms with Crippen LogP contribution in [-0.2, 0) is 0 Å². The zero-order chi connectivity index (χ0) is 9.19. The van der Waals surface area contributed by atoms with E-state index in [1.807, 2.05) is 0 Å². The van der Waals surface area contributed by atoms with Gasteiger partial charge in [-0.3, -0.25) is 4.90 Å². The summed E-state index contributed by atoms with van der Waals surface area (Å²) in [6.45, 7) is 5.69. The Morgan fingerprint density at radius 3 is 2.25 bits per heavy atom. The summed E-state index contributed by atoms with van der Waals surface area (Å²) in [5, 5.41) is 9.16. The Bertz CT molecular complexity index is 185. The maximum Gasteiger partial charge on any atom is 0.0819 e. The molecule has 0 aromatic rings. The molecule has 2 heteroatoms. The van der Waals surface area contributed by atoms with Crippen LogP contribution in [0.4, 0.5) is 0 Å². The second kappa shape index (κ2) is 3.47. The molecule has 1 aliphatic heterocycles. The van der Waals surface area contributed by atoms with Crippen molar-refractivity contribution >= 4 is 0 Å². The van der Waals surface area contributed by atoms with Crippen LogP contribution in [0.3, 0.4) is 0 Å². The first-order valence-electron chi connectivity index (χ1n) is 4.59. The van der Waals surface area contributed by atoms with Crippen molar-refractivity contribution in [1.29, 1.82) is 0 Å². The Labute approximate surface area is 74.6 Å². The Morgan fingerprint density at radius 1 is 1.50 bits per heavy atom. The third kappa shape index (κ3) is 1.35. The summed E-state index contributed by atoms with van der Waals surface area (Å²) in [5.74, 6) is 2.85. The van der Waals surface area contributed by atoms with E-state index in [1.165, 1.54) is 0 Å². The summed E-state index contributed by atoms with van der Waals surface area (Å²) in [7, 11) is 0. The molecule has 0 radical (unpaired) electrons. The van der Waals surface area contributed by atoms with E-state index in [1.54, 1.807) is 0 Å². The van der Waals surface area contributed by atoms with E-state index in [2.05, 4.69) is 24.7 Å². The van der Waals surface area contributed by atoms with Crippen LogP contribution in [0.5, 0.6) is 0 Å². The highest BCUT2D eigenvalue weighted by Gasteiger charge is 2.39. The van der Waals surface area contributed by atoms with E-state index in [4.69, 9.17) is 11.5 Å². The molecule has 0 atom stereocenters. The molecule has 1 N–H and O–H groups in total. The smallest absolute Gasteiger partial charge is 0.0819 e. The van der Waals surface area contributed by atoms with Gasteiger partial charge in [0.25, 0.3) is 0 Å².